The lowest BCUT2D eigenvalue weighted by Gasteiger charge is -2.28. The first-order valence-electron chi connectivity index (χ1n) is 6.80. The van der Waals surface area contributed by atoms with Crippen LogP contribution >= 0.6 is 0 Å². The zero-order valence-electron chi connectivity index (χ0n) is 11.2. The number of nitrogens with zero attached hydrogens (tertiary/aromatic N) is 2. The smallest absolute Gasteiger partial charge is 0.251 e. The average molecular weight is 254 g/mol. The van der Waals surface area contributed by atoms with Gasteiger partial charge in [0.1, 0.15) is 0 Å². The summed E-state index contributed by atoms with van der Waals surface area (Å²) in [7, 11) is 0. The first-order valence-corrected chi connectivity index (χ1v) is 6.80. The first-order chi connectivity index (χ1) is 8.58. The third-order valence-electron chi connectivity index (χ3n) is 3.40. The van der Waals surface area contributed by atoms with E-state index in [0.29, 0.717) is 32.0 Å². The molecule has 2 aliphatic heterocycles. The van der Waals surface area contributed by atoms with Gasteiger partial charge in [0.2, 0.25) is 5.91 Å². The van der Waals surface area contributed by atoms with Crippen LogP contribution in [0.15, 0.2) is 0 Å². The van der Waals surface area contributed by atoms with Gasteiger partial charge in [-0.25, -0.2) is 5.06 Å². The molecule has 5 heteroatoms. The highest BCUT2D eigenvalue weighted by molar-refractivity contribution is 5.88. The molecule has 0 radical (unpaired) electrons. The molecule has 18 heavy (non-hydrogen) atoms. The van der Waals surface area contributed by atoms with E-state index in [-0.39, 0.29) is 17.7 Å². The Morgan fingerprint density at radius 2 is 2.22 bits per heavy atom. The molecule has 1 unspecified atom stereocenters. The summed E-state index contributed by atoms with van der Waals surface area (Å²) in [5.41, 5.74) is 0. The van der Waals surface area contributed by atoms with Crippen molar-refractivity contribution in [3.63, 3.8) is 0 Å². The zero-order valence-corrected chi connectivity index (χ0v) is 11.2. The maximum Gasteiger partial charge on any atom is 0.251 e. The van der Waals surface area contributed by atoms with Crippen molar-refractivity contribution in [2.75, 3.05) is 26.2 Å². The van der Waals surface area contributed by atoms with Crippen molar-refractivity contribution in [1.29, 1.82) is 0 Å². The van der Waals surface area contributed by atoms with Gasteiger partial charge in [-0.1, -0.05) is 13.8 Å². The summed E-state index contributed by atoms with van der Waals surface area (Å²) in [4.78, 5) is 31.2. The van der Waals surface area contributed by atoms with Crippen LogP contribution in [0.4, 0.5) is 0 Å². The molecule has 102 valence electrons. The zero-order chi connectivity index (χ0) is 13.1. The molecule has 0 bridgehead atoms. The van der Waals surface area contributed by atoms with Crippen molar-refractivity contribution >= 4 is 11.8 Å². The number of amides is 2. The van der Waals surface area contributed by atoms with Gasteiger partial charge in [-0.2, -0.15) is 0 Å². The molecular weight excluding hydrogens is 232 g/mol. The van der Waals surface area contributed by atoms with Gasteiger partial charge in [-0.3, -0.25) is 14.4 Å². The lowest BCUT2D eigenvalue weighted by atomic mass is 10.1. The molecule has 2 heterocycles. The quantitative estimate of drug-likeness (QED) is 0.756. The molecule has 1 atom stereocenters. The van der Waals surface area contributed by atoms with E-state index in [1.54, 1.807) is 4.90 Å². The van der Waals surface area contributed by atoms with Gasteiger partial charge < -0.3 is 4.90 Å². The predicted molar refractivity (Wildman–Crippen MR) is 66.4 cm³/mol. The van der Waals surface area contributed by atoms with Crippen molar-refractivity contribution < 1.29 is 14.4 Å². The van der Waals surface area contributed by atoms with E-state index in [2.05, 4.69) is 13.8 Å². The van der Waals surface area contributed by atoms with Crippen molar-refractivity contribution in [2.45, 2.75) is 33.1 Å². The van der Waals surface area contributed by atoms with Gasteiger partial charge in [0, 0.05) is 26.1 Å². The summed E-state index contributed by atoms with van der Waals surface area (Å²) in [6, 6.07) is 0. The monoisotopic (exact) mass is 254 g/mol. The Hall–Kier alpha value is -1.10. The minimum atomic E-state index is -0.214. The topological polar surface area (TPSA) is 49.9 Å². The Kier molecular flexibility index (Phi) is 4.22. The van der Waals surface area contributed by atoms with Gasteiger partial charge in [-0.05, 0) is 18.8 Å². The van der Waals surface area contributed by atoms with Gasteiger partial charge in [-0.15, -0.1) is 0 Å². The van der Waals surface area contributed by atoms with Crippen molar-refractivity contribution in [3.05, 3.63) is 0 Å². The van der Waals surface area contributed by atoms with E-state index in [1.807, 2.05) is 0 Å². The van der Waals surface area contributed by atoms with E-state index in [9.17, 15) is 9.59 Å². The second kappa shape index (κ2) is 5.69. The average Bonchev–Trinajstić information content (AvgIpc) is 2.70. The molecular formula is C13H22N2O3. The van der Waals surface area contributed by atoms with Crippen LogP contribution in [-0.2, 0) is 14.4 Å². The largest absolute Gasteiger partial charge is 0.342 e. The fourth-order valence-electron chi connectivity index (χ4n) is 2.53. The number of hydroxylamine groups is 2. The highest BCUT2D eigenvalue weighted by atomic mass is 16.7. The Bertz CT molecular complexity index is 324. The minimum absolute atomic E-state index is 0.0192. The molecule has 0 saturated carbocycles. The van der Waals surface area contributed by atoms with Crippen LogP contribution in [0.5, 0.6) is 0 Å². The molecule has 5 nitrogen and oxygen atoms in total. The van der Waals surface area contributed by atoms with Crippen molar-refractivity contribution in [1.82, 2.24) is 9.96 Å². The van der Waals surface area contributed by atoms with Crippen LogP contribution in [0.2, 0.25) is 0 Å². The molecule has 0 aromatic heterocycles. The Labute approximate surface area is 108 Å². The predicted octanol–water partition coefficient (Wildman–Crippen LogP) is 1.04. The van der Waals surface area contributed by atoms with Crippen LogP contribution in [-0.4, -0.2) is 48.0 Å². The normalized spacial score (nSPS) is 25.1. The van der Waals surface area contributed by atoms with Crippen LogP contribution < -0.4 is 0 Å². The Morgan fingerprint density at radius 3 is 2.83 bits per heavy atom. The summed E-state index contributed by atoms with van der Waals surface area (Å²) in [6.45, 7) is 6.72. The summed E-state index contributed by atoms with van der Waals surface area (Å²) in [6.07, 6.45) is 2.33. The molecule has 0 aromatic rings. The molecule has 2 amide bonds. The molecule has 2 aliphatic rings. The number of hydrogen-bond donors (Lipinski definition) is 0. The number of hydrogen-bond acceptors (Lipinski definition) is 3. The fourth-order valence-corrected chi connectivity index (χ4v) is 2.53. The maximum atomic E-state index is 12.2. The summed E-state index contributed by atoms with van der Waals surface area (Å²) >= 11 is 0. The van der Waals surface area contributed by atoms with Gasteiger partial charge in [0.05, 0.1) is 12.5 Å². The van der Waals surface area contributed by atoms with E-state index >= 15 is 0 Å². The van der Waals surface area contributed by atoms with Crippen molar-refractivity contribution in [2.24, 2.45) is 11.8 Å². The number of carbonyl (C=O) groups is 2. The second-order valence-corrected chi connectivity index (χ2v) is 5.57. The molecule has 2 saturated heterocycles. The van der Waals surface area contributed by atoms with E-state index in [0.717, 1.165) is 19.4 Å². The molecule has 0 aliphatic carbocycles. The SMILES string of the molecule is CC(C)CN1CC(C(=O)N2CCCCO2)CC1=O. The lowest BCUT2D eigenvalue weighted by molar-refractivity contribution is -0.200. The second-order valence-electron chi connectivity index (χ2n) is 5.57. The highest BCUT2D eigenvalue weighted by Gasteiger charge is 2.37. The number of rotatable bonds is 3. The van der Waals surface area contributed by atoms with Gasteiger partial charge in [0.25, 0.3) is 5.91 Å². The maximum absolute atomic E-state index is 12.2. The Morgan fingerprint density at radius 1 is 1.44 bits per heavy atom. The van der Waals surface area contributed by atoms with E-state index in [4.69, 9.17) is 4.84 Å². The van der Waals surface area contributed by atoms with Gasteiger partial charge >= 0.3 is 0 Å². The lowest BCUT2D eigenvalue weighted by Crippen LogP contribution is -2.40. The summed E-state index contributed by atoms with van der Waals surface area (Å²) < 4.78 is 0. The number of carbonyl (C=O) groups excluding carboxylic acids is 2. The molecule has 2 rings (SSSR count). The summed E-state index contributed by atoms with van der Waals surface area (Å²) in [5.74, 6) is 0.303. The fraction of sp³-hybridized carbons (Fsp3) is 0.846. The summed E-state index contributed by atoms with van der Waals surface area (Å²) in [5, 5.41) is 1.46. The molecule has 2 fully saturated rings. The van der Waals surface area contributed by atoms with Crippen LogP contribution in [0.3, 0.4) is 0 Å². The number of likely N-dealkylation sites (tertiary alicyclic amines) is 1. The molecule has 0 spiro atoms. The minimum Gasteiger partial charge on any atom is -0.342 e. The van der Waals surface area contributed by atoms with E-state index < -0.39 is 0 Å². The van der Waals surface area contributed by atoms with Crippen LogP contribution in [0.1, 0.15) is 33.1 Å². The third-order valence-corrected chi connectivity index (χ3v) is 3.40. The van der Waals surface area contributed by atoms with E-state index in [1.165, 1.54) is 5.06 Å². The van der Waals surface area contributed by atoms with Crippen LogP contribution in [0.25, 0.3) is 0 Å². The third kappa shape index (κ3) is 3.02. The standard InChI is InChI=1S/C13H22N2O3/c1-10(2)8-14-9-11(7-12(14)16)13(17)15-5-3-4-6-18-15/h10-11H,3-9H2,1-2H3. The molecule has 0 N–H and O–H groups in total. The highest BCUT2D eigenvalue weighted by Crippen LogP contribution is 2.22. The van der Waals surface area contributed by atoms with Gasteiger partial charge in [0.15, 0.2) is 0 Å². The van der Waals surface area contributed by atoms with Crippen LogP contribution in [0, 0.1) is 11.8 Å². The first kappa shape index (κ1) is 13.3. The Balaban J connectivity index is 1.90. The molecule has 0 aromatic carbocycles. The van der Waals surface area contributed by atoms with Crippen molar-refractivity contribution in [3.8, 4) is 0 Å².